The van der Waals surface area contributed by atoms with Crippen molar-refractivity contribution >= 4 is 0 Å². The fourth-order valence-electron chi connectivity index (χ4n) is 1.52. The minimum atomic E-state index is -0.0574. The summed E-state index contributed by atoms with van der Waals surface area (Å²) in [5, 5.41) is 7.97. The molecule has 78 valence electrons. The Kier molecular flexibility index (Phi) is 2.79. The standard InChI is InChI=1S/C9H16N4O/c1-14-5-4-8(10)9-12-11-6-13(9)7-2-3-7/h6-8H,2-5,10H2,1H3. The normalized spacial score (nSPS) is 18.4. The zero-order chi connectivity index (χ0) is 9.97. The van der Waals surface area contributed by atoms with Crippen LogP contribution in [0.15, 0.2) is 6.33 Å². The van der Waals surface area contributed by atoms with Crippen LogP contribution in [0.1, 0.15) is 37.2 Å². The molecule has 1 fully saturated rings. The summed E-state index contributed by atoms with van der Waals surface area (Å²) in [5.41, 5.74) is 5.99. The quantitative estimate of drug-likeness (QED) is 0.750. The van der Waals surface area contributed by atoms with Gasteiger partial charge >= 0.3 is 0 Å². The third kappa shape index (κ3) is 1.93. The highest BCUT2D eigenvalue weighted by atomic mass is 16.5. The molecule has 5 nitrogen and oxygen atoms in total. The van der Waals surface area contributed by atoms with Crippen LogP contribution in [-0.4, -0.2) is 28.5 Å². The molecule has 1 atom stereocenters. The summed E-state index contributed by atoms with van der Waals surface area (Å²) in [7, 11) is 1.68. The Balaban J connectivity index is 2.02. The largest absolute Gasteiger partial charge is 0.385 e. The van der Waals surface area contributed by atoms with Crippen molar-refractivity contribution in [3.8, 4) is 0 Å². The van der Waals surface area contributed by atoms with E-state index in [1.54, 1.807) is 13.4 Å². The topological polar surface area (TPSA) is 66.0 Å². The zero-order valence-corrected chi connectivity index (χ0v) is 8.39. The van der Waals surface area contributed by atoms with Crippen LogP contribution < -0.4 is 5.73 Å². The maximum atomic E-state index is 5.99. The van der Waals surface area contributed by atoms with Gasteiger partial charge in [0.05, 0.1) is 6.04 Å². The van der Waals surface area contributed by atoms with Gasteiger partial charge in [0, 0.05) is 19.8 Å². The Bertz CT molecular complexity index is 295. The number of nitrogens with two attached hydrogens (primary N) is 1. The van der Waals surface area contributed by atoms with Crippen molar-refractivity contribution in [2.45, 2.75) is 31.3 Å². The van der Waals surface area contributed by atoms with E-state index in [0.29, 0.717) is 12.6 Å². The number of nitrogens with zero attached hydrogens (tertiary/aromatic N) is 3. The van der Waals surface area contributed by atoms with Crippen LogP contribution in [0.25, 0.3) is 0 Å². The molecule has 5 heteroatoms. The fourth-order valence-corrected chi connectivity index (χ4v) is 1.52. The summed E-state index contributed by atoms with van der Waals surface area (Å²) < 4.78 is 7.09. The minimum absolute atomic E-state index is 0.0574. The summed E-state index contributed by atoms with van der Waals surface area (Å²) in [6, 6.07) is 0.534. The van der Waals surface area contributed by atoms with Crippen LogP contribution in [0.5, 0.6) is 0 Å². The molecular weight excluding hydrogens is 180 g/mol. The molecule has 2 rings (SSSR count). The predicted molar refractivity (Wildman–Crippen MR) is 51.7 cm³/mol. The van der Waals surface area contributed by atoms with Gasteiger partial charge in [-0.25, -0.2) is 0 Å². The third-order valence-electron chi connectivity index (χ3n) is 2.51. The molecule has 2 N–H and O–H groups in total. The number of hydrogen-bond donors (Lipinski definition) is 1. The van der Waals surface area contributed by atoms with Gasteiger partial charge in [0.2, 0.25) is 0 Å². The van der Waals surface area contributed by atoms with E-state index in [2.05, 4.69) is 14.8 Å². The maximum absolute atomic E-state index is 5.99. The van der Waals surface area contributed by atoms with Gasteiger partial charge in [0.15, 0.2) is 0 Å². The van der Waals surface area contributed by atoms with Crippen molar-refractivity contribution in [3.05, 3.63) is 12.2 Å². The van der Waals surface area contributed by atoms with Gasteiger partial charge in [0.1, 0.15) is 12.2 Å². The predicted octanol–water partition coefficient (Wildman–Crippen LogP) is 0.649. The molecule has 1 aliphatic carbocycles. The molecule has 1 saturated carbocycles. The van der Waals surface area contributed by atoms with E-state index in [0.717, 1.165) is 12.2 Å². The molecule has 0 bridgehead atoms. The van der Waals surface area contributed by atoms with Gasteiger partial charge in [-0.1, -0.05) is 0 Å². The van der Waals surface area contributed by atoms with Crippen molar-refractivity contribution in [2.24, 2.45) is 5.73 Å². The number of rotatable bonds is 5. The molecule has 14 heavy (non-hydrogen) atoms. The van der Waals surface area contributed by atoms with E-state index < -0.39 is 0 Å². The fraction of sp³-hybridized carbons (Fsp3) is 0.778. The zero-order valence-electron chi connectivity index (χ0n) is 8.39. The Morgan fingerprint density at radius 1 is 1.71 bits per heavy atom. The molecule has 1 aromatic heterocycles. The first-order chi connectivity index (χ1) is 6.83. The highest BCUT2D eigenvalue weighted by Crippen LogP contribution is 2.36. The van der Waals surface area contributed by atoms with Gasteiger partial charge in [0.25, 0.3) is 0 Å². The number of ether oxygens (including phenoxy) is 1. The van der Waals surface area contributed by atoms with E-state index >= 15 is 0 Å². The smallest absolute Gasteiger partial charge is 0.150 e. The minimum Gasteiger partial charge on any atom is -0.385 e. The van der Waals surface area contributed by atoms with Crippen molar-refractivity contribution in [1.82, 2.24) is 14.8 Å². The molecule has 1 aromatic rings. The summed E-state index contributed by atoms with van der Waals surface area (Å²) >= 11 is 0. The molecular formula is C9H16N4O. The molecule has 0 radical (unpaired) electrons. The summed E-state index contributed by atoms with van der Waals surface area (Å²) in [6.45, 7) is 0.665. The van der Waals surface area contributed by atoms with Crippen molar-refractivity contribution in [3.63, 3.8) is 0 Å². The van der Waals surface area contributed by atoms with Gasteiger partial charge in [-0.3, -0.25) is 0 Å². The Labute approximate surface area is 83.3 Å². The second-order valence-electron chi connectivity index (χ2n) is 3.72. The maximum Gasteiger partial charge on any atom is 0.150 e. The van der Waals surface area contributed by atoms with Crippen molar-refractivity contribution in [1.29, 1.82) is 0 Å². The van der Waals surface area contributed by atoms with Crippen LogP contribution in [0.2, 0.25) is 0 Å². The molecule has 0 spiro atoms. The van der Waals surface area contributed by atoms with Crippen molar-refractivity contribution in [2.75, 3.05) is 13.7 Å². The lowest BCUT2D eigenvalue weighted by Gasteiger charge is -2.11. The highest BCUT2D eigenvalue weighted by molar-refractivity contribution is 4.99. The monoisotopic (exact) mass is 196 g/mol. The van der Waals surface area contributed by atoms with E-state index in [4.69, 9.17) is 10.5 Å². The molecule has 1 aliphatic rings. The van der Waals surface area contributed by atoms with Crippen LogP contribution in [0.3, 0.4) is 0 Å². The molecule has 0 aliphatic heterocycles. The number of aromatic nitrogens is 3. The van der Waals surface area contributed by atoms with Gasteiger partial charge in [-0.15, -0.1) is 10.2 Å². The van der Waals surface area contributed by atoms with Crippen molar-refractivity contribution < 1.29 is 4.74 Å². The molecule has 0 amide bonds. The second kappa shape index (κ2) is 4.06. The van der Waals surface area contributed by atoms with Crippen LogP contribution in [0.4, 0.5) is 0 Å². The first-order valence-electron chi connectivity index (χ1n) is 4.97. The van der Waals surface area contributed by atoms with Gasteiger partial charge in [-0.05, 0) is 19.3 Å². The van der Waals surface area contributed by atoms with E-state index in [1.807, 2.05) is 0 Å². The lowest BCUT2D eigenvalue weighted by Crippen LogP contribution is -2.17. The van der Waals surface area contributed by atoms with Crippen LogP contribution >= 0.6 is 0 Å². The molecule has 0 aromatic carbocycles. The second-order valence-corrected chi connectivity index (χ2v) is 3.72. The summed E-state index contributed by atoms with van der Waals surface area (Å²) in [4.78, 5) is 0. The lowest BCUT2D eigenvalue weighted by atomic mass is 10.2. The number of methoxy groups -OCH3 is 1. The Morgan fingerprint density at radius 3 is 3.14 bits per heavy atom. The Morgan fingerprint density at radius 2 is 2.50 bits per heavy atom. The molecule has 0 saturated heterocycles. The molecule has 1 heterocycles. The van der Waals surface area contributed by atoms with Gasteiger partial charge in [-0.2, -0.15) is 0 Å². The highest BCUT2D eigenvalue weighted by Gasteiger charge is 2.27. The first kappa shape index (κ1) is 9.61. The van der Waals surface area contributed by atoms with E-state index in [-0.39, 0.29) is 6.04 Å². The molecule has 1 unspecified atom stereocenters. The van der Waals surface area contributed by atoms with Crippen LogP contribution in [-0.2, 0) is 4.74 Å². The number of hydrogen-bond acceptors (Lipinski definition) is 4. The average Bonchev–Trinajstić information content (AvgIpc) is 2.93. The van der Waals surface area contributed by atoms with Gasteiger partial charge < -0.3 is 15.0 Å². The Hall–Kier alpha value is -0.940. The SMILES string of the molecule is COCCC(N)c1nncn1C1CC1. The van der Waals surface area contributed by atoms with E-state index in [9.17, 15) is 0 Å². The van der Waals surface area contributed by atoms with E-state index in [1.165, 1.54) is 12.8 Å². The first-order valence-corrected chi connectivity index (χ1v) is 4.97. The summed E-state index contributed by atoms with van der Waals surface area (Å²) in [5.74, 6) is 0.893. The van der Waals surface area contributed by atoms with Crippen LogP contribution in [0, 0.1) is 0 Å². The third-order valence-corrected chi connectivity index (χ3v) is 2.51. The summed E-state index contributed by atoms with van der Waals surface area (Å²) in [6.07, 6.45) is 5.02. The lowest BCUT2D eigenvalue weighted by molar-refractivity contribution is 0.186. The average molecular weight is 196 g/mol.